The molecule has 0 aliphatic carbocycles. The highest BCUT2D eigenvalue weighted by Gasteiger charge is 2.40. The Morgan fingerprint density at radius 2 is 1.96 bits per heavy atom. The molecule has 1 aliphatic rings. The molecular formula is C20H30N2O3. The van der Waals surface area contributed by atoms with Gasteiger partial charge in [0.1, 0.15) is 11.2 Å². The number of likely N-dealkylation sites (tertiary alicyclic amines) is 1. The van der Waals surface area contributed by atoms with Gasteiger partial charge in [-0.25, -0.2) is 0 Å². The number of hydrogen-bond acceptors (Lipinski definition) is 3. The number of rotatable bonds is 5. The summed E-state index contributed by atoms with van der Waals surface area (Å²) < 4.78 is 5.74. The summed E-state index contributed by atoms with van der Waals surface area (Å²) in [5.41, 5.74) is -0.531. The molecule has 1 atom stereocenters. The molecule has 25 heavy (non-hydrogen) atoms. The number of nitrogens with one attached hydrogen (secondary N) is 1. The minimum atomic E-state index is -1.12. The number of nitrogens with zero attached hydrogens (tertiary/aromatic N) is 1. The zero-order valence-electron chi connectivity index (χ0n) is 16.0. The molecular weight excluding hydrogens is 316 g/mol. The minimum Gasteiger partial charge on any atom is -0.489 e. The fraction of sp³-hybridized carbons (Fsp3) is 0.600. The van der Waals surface area contributed by atoms with Crippen LogP contribution in [0, 0.1) is 11.3 Å². The van der Waals surface area contributed by atoms with Crippen LogP contribution >= 0.6 is 0 Å². The smallest absolute Gasteiger partial charge is 0.239 e. The van der Waals surface area contributed by atoms with Crippen LogP contribution < -0.4 is 10.1 Å². The third kappa shape index (κ3) is 4.74. The lowest BCUT2D eigenvalue weighted by Gasteiger charge is -2.36. The lowest BCUT2D eigenvalue weighted by molar-refractivity contribution is -0.147. The highest BCUT2D eigenvalue weighted by atomic mass is 16.5. The molecule has 1 aromatic carbocycles. The molecule has 5 nitrogen and oxygen atoms in total. The predicted molar refractivity (Wildman–Crippen MR) is 99.6 cm³/mol. The van der Waals surface area contributed by atoms with Gasteiger partial charge in [-0.1, -0.05) is 19.1 Å². The van der Waals surface area contributed by atoms with E-state index in [1.54, 1.807) is 19.9 Å². The largest absolute Gasteiger partial charge is 0.489 e. The molecule has 2 amide bonds. The lowest BCUT2D eigenvalue weighted by atomic mass is 9.88. The summed E-state index contributed by atoms with van der Waals surface area (Å²) in [6, 6.07) is 7.30. The van der Waals surface area contributed by atoms with E-state index in [0.717, 1.165) is 25.9 Å². The Morgan fingerprint density at radius 1 is 1.28 bits per heavy atom. The molecule has 1 N–H and O–H groups in total. The number of carbonyl (C=O) groups is 2. The van der Waals surface area contributed by atoms with Crippen LogP contribution in [0.3, 0.4) is 0 Å². The normalized spacial score (nSPS) is 18.2. The van der Waals surface area contributed by atoms with E-state index in [2.05, 4.69) is 12.2 Å². The lowest BCUT2D eigenvalue weighted by Crippen LogP contribution is -2.50. The standard InChI is InChI=1S/C20H30N2O3/c1-14(2)25-17-11-7-6-10-16(17)21-18(23)20(4,5)19(24)22-12-8-9-15(3)13-22/h6-7,10-11,14-15H,8-9,12-13H2,1-5H3,(H,21,23). The van der Waals surface area contributed by atoms with Crippen molar-refractivity contribution in [3.8, 4) is 5.75 Å². The van der Waals surface area contributed by atoms with Crippen molar-refractivity contribution in [2.24, 2.45) is 11.3 Å². The first-order valence-electron chi connectivity index (χ1n) is 9.08. The molecule has 2 rings (SSSR count). The van der Waals surface area contributed by atoms with Gasteiger partial charge >= 0.3 is 0 Å². The molecule has 0 saturated carbocycles. The maximum atomic E-state index is 12.9. The molecule has 1 aromatic rings. The van der Waals surface area contributed by atoms with Crippen LogP contribution in [0.15, 0.2) is 24.3 Å². The van der Waals surface area contributed by atoms with Gasteiger partial charge < -0.3 is 15.0 Å². The van der Waals surface area contributed by atoms with E-state index < -0.39 is 5.41 Å². The summed E-state index contributed by atoms with van der Waals surface area (Å²) >= 11 is 0. The molecule has 0 aromatic heterocycles. The van der Waals surface area contributed by atoms with Crippen LogP contribution in [0.1, 0.15) is 47.5 Å². The van der Waals surface area contributed by atoms with Crippen molar-refractivity contribution in [2.75, 3.05) is 18.4 Å². The van der Waals surface area contributed by atoms with Crippen molar-refractivity contribution in [2.45, 2.75) is 53.6 Å². The van der Waals surface area contributed by atoms with Crippen LogP contribution in [0.5, 0.6) is 5.75 Å². The predicted octanol–water partition coefficient (Wildman–Crippen LogP) is 3.70. The van der Waals surface area contributed by atoms with Crippen molar-refractivity contribution in [3.63, 3.8) is 0 Å². The topological polar surface area (TPSA) is 58.6 Å². The number of amides is 2. The molecule has 0 bridgehead atoms. The minimum absolute atomic E-state index is 0.00234. The first kappa shape index (κ1) is 19.3. The van der Waals surface area contributed by atoms with Crippen LogP contribution in [0.25, 0.3) is 0 Å². The molecule has 1 unspecified atom stereocenters. The average Bonchev–Trinajstić information content (AvgIpc) is 2.55. The van der Waals surface area contributed by atoms with Crippen LogP contribution in [0.2, 0.25) is 0 Å². The number of piperidine rings is 1. The van der Waals surface area contributed by atoms with Crippen LogP contribution in [-0.2, 0) is 9.59 Å². The second kappa shape index (κ2) is 7.89. The number of carbonyl (C=O) groups excluding carboxylic acids is 2. The van der Waals surface area contributed by atoms with Gasteiger partial charge in [0.05, 0.1) is 11.8 Å². The molecule has 0 spiro atoms. The summed E-state index contributed by atoms with van der Waals surface area (Å²) in [4.78, 5) is 27.5. The fourth-order valence-electron chi connectivity index (χ4n) is 3.07. The first-order chi connectivity index (χ1) is 11.7. The van der Waals surface area contributed by atoms with Crippen molar-refractivity contribution < 1.29 is 14.3 Å². The Hall–Kier alpha value is -2.04. The second-order valence-electron chi connectivity index (χ2n) is 7.74. The molecule has 5 heteroatoms. The van der Waals surface area contributed by atoms with Gasteiger partial charge in [0.25, 0.3) is 0 Å². The summed E-state index contributed by atoms with van der Waals surface area (Å²) in [7, 11) is 0. The molecule has 0 radical (unpaired) electrons. The fourth-order valence-corrected chi connectivity index (χ4v) is 3.07. The monoisotopic (exact) mass is 346 g/mol. The summed E-state index contributed by atoms with van der Waals surface area (Å²) in [6.07, 6.45) is 2.13. The Morgan fingerprint density at radius 3 is 2.60 bits per heavy atom. The number of benzene rings is 1. The molecule has 1 aliphatic heterocycles. The van der Waals surface area contributed by atoms with E-state index in [4.69, 9.17) is 4.74 Å². The van der Waals surface area contributed by atoms with Crippen molar-refractivity contribution >= 4 is 17.5 Å². The number of anilines is 1. The van der Waals surface area contributed by atoms with Crippen molar-refractivity contribution in [1.82, 2.24) is 4.90 Å². The number of hydrogen-bond donors (Lipinski definition) is 1. The third-order valence-electron chi connectivity index (χ3n) is 4.54. The summed E-state index contributed by atoms with van der Waals surface area (Å²) in [5, 5.41) is 2.88. The van der Waals surface area contributed by atoms with Gasteiger partial charge in [-0.2, -0.15) is 0 Å². The van der Waals surface area contributed by atoms with Crippen molar-refractivity contribution in [3.05, 3.63) is 24.3 Å². The average molecular weight is 346 g/mol. The van der Waals surface area contributed by atoms with E-state index in [1.165, 1.54) is 0 Å². The highest BCUT2D eigenvalue weighted by molar-refractivity contribution is 6.10. The van der Waals surface area contributed by atoms with E-state index >= 15 is 0 Å². The van der Waals surface area contributed by atoms with E-state index in [9.17, 15) is 9.59 Å². The zero-order chi connectivity index (χ0) is 18.6. The van der Waals surface area contributed by atoms with Crippen LogP contribution in [-0.4, -0.2) is 35.9 Å². The van der Waals surface area contributed by atoms with Gasteiger partial charge in [0.2, 0.25) is 11.8 Å². The van der Waals surface area contributed by atoms with E-state index in [-0.39, 0.29) is 17.9 Å². The van der Waals surface area contributed by atoms with Gasteiger partial charge in [-0.3, -0.25) is 9.59 Å². The van der Waals surface area contributed by atoms with Gasteiger partial charge in [0, 0.05) is 13.1 Å². The molecule has 1 fully saturated rings. The number of ether oxygens (including phenoxy) is 1. The zero-order valence-corrected chi connectivity index (χ0v) is 16.0. The first-order valence-corrected chi connectivity index (χ1v) is 9.08. The van der Waals surface area contributed by atoms with E-state index in [0.29, 0.717) is 17.4 Å². The summed E-state index contributed by atoms with van der Waals surface area (Å²) in [6.45, 7) is 10.8. The number of para-hydroxylation sites is 2. The van der Waals surface area contributed by atoms with Gasteiger partial charge in [-0.15, -0.1) is 0 Å². The van der Waals surface area contributed by atoms with Crippen molar-refractivity contribution in [1.29, 1.82) is 0 Å². The Labute approximate surface area is 150 Å². The highest BCUT2D eigenvalue weighted by Crippen LogP contribution is 2.29. The maximum absolute atomic E-state index is 12.9. The molecule has 1 saturated heterocycles. The third-order valence-corrected chi connectivity index (χ3v) is 4.54. The quantitative estimate of drug-likeness (QED) is 0.827. The summed E-state index contributed by atoms with van der Waals surface area (Å²) in [5.74, 6) is 0.673. The van der Waals surface area contributed by atoms with Gasteiger partial charge in [-0.05, 0) is 58.6 Å². The molecule has 138 valence electrons. The second-order valence-corrected chi connectivity index (χ2v) is 7.74. The molecule has 1 heterocycles. The SMILES string of the molecule is CC1CCCN(C(=O)C(C)(C)C(=O)Nc2ccccc2OC(C)C)C1. The Kier molecular flexibility index (Phi) is 6.09. The Bertz CT molecular complexity index is 625. The van der Waals surface area contributed by atoms with Gasteiger partial charge in [0.15, 0.2) is 0 Å². The van der Waals surface area contributed by atoms with E-state index in [1.807, 2.05) is 36.9 Å². The maximum Gasteiger partial charge on any atom is 0.239 e. The van der Waals surface area contributed by atoms with Crippen LogP contribution in [0.4, 0.5) is 5.69 Å². The Balaban J connectivity index is 2.12.